The van der Waals surface area contributed by atoms with Gasteiger partial charge < -0.3 is 29.1 Å². The van der Waals surface area contributed by atoms with Crippen molar-refractivity contribution in [1.82, 2.24) is 5.32 Å². The second kappa shape index (κ2) is 20.2. The summed E-state index contributed by atoms with van der Waals surface area (Å²) in [5.41, 5.74) is 7.31. The third kappa shape index (κ3) is 12.3. The van der Waals surface area contributed by atoms with Crippen molar-refractivity contribution >= 4 is 48.8 Å². The Balaban J connectivity index is 0.000000940. The molecule has 4 aromatic carbocycles. The Morgan fingerprint density at radius 1 is 0.741 bits per heavy atom. The number of anilines is 2. The molecule has 0 atom stereocenters. The van der Waals surface area contributed by atoms with Crippen molar-refractivity contribution in [2.75, 3.05) is 41.4 Å². The second-order valence-corrected chi connectivity index (χ2v) is 15.5. The van der Waals surface area contributed by atoms with Crippen molar-refractivity contribution in [3.8, 4) is 22.3 Å². The monoisotopic (exact) mass is 777 g/mol. The predicted molar refractivity (Wildman–Crippen MR) is 218 cm³/mol. The van der Waals surface area contributed by atoms with E-state index in [2.05, 4.69) is 35.4 Å². The molecule has 13 heteroatoms. The Bertz CT molecular complexity index is 2190. The first-order valence-electron chi connectivity index (χ1n) is 18.5. The van der Waals surface area contributed by atoms with Gasteiger partial charge in [0.25, 0.3) is 5.52 Å². The van der Waals surface area contributed by atoms with E-state index in [9.17, 15) is 25.9 Å². The fourth-order valence-corrected chi connectivity index (χ4v) is 7.19. The molecule has 2 heterocycles. The van der Waals surface area contributed by atoms with E-state index >= 15 is 0 Å². The van der Waals surface area contributed by atoms with Gasteiger partial charge in [-0.05, 0) is 72.8 Å². The Labute approximate surface area is 321 Å². The van der Waals surface area contributed by atoms with E-state index in [1.54, 1.807) is 0 Å². The number of nitrogens with zero attached hydrogens (tertiary/aromatic N) is 2. The number of fused-ring (bicyclic) bond motifs is 2. The van der Waals surface area contributed by atoms with Gasteiger partial charge in [-0.1, -0.05) is 100 Å². The quantitative estimate of drug-likeness (QED) is 0.0610. The maximum absolute atomic E-state index is 11.3. The smallest absolute Gasteiger partial charge is 0.377 e. The number of unbranched alkanes of at least 4 members (excludes halogenated alkanes) is 2. The number of aromatic nitrogens is 1. The topological polar surface area (TPSA) is 159 Å². The molecular weight excluding hydrogens is 725 g/mol. The molecule has 0 fully saturated rings. The van der Waals surface area contributed by atoms with Crippen molar-refractivity contribution < 1.29 is 36.4 Å². The molecule has 292 valence electrons. The first-order valence-corrected chi connectivity index (χ1v) is 21.7. The lowest BCUT2D eigenvalue weighted by Crippen LogP contribution is -2.36. The van der Waals surface area contributed by atoms with Crippen molar-refractivity contribution in [3.05, 3.63) is 109 Å². The van der Waals surface area contributed by atoms with Gasteiger partial charge in [-0.15, -0.1) is 0 Å². The maximum Gasteiger partial charge on any atom is 0.377 e. The van der Waals surface area contributed by atoms with E-state index in [-0.39, 0.29) is 14.3 Å². The molecule has 11 nitrogen and oxygen atoms in total. The van der Waals surface area contributed by atoms with Gasteiger partial charge >= 0.3 is 5.89 Å². The zero-order valence-corrected chi connectivity index (χ0v) is 33.1. The molecule has 0 bridgehead atoms. The van der Waals surface area contributed by atoms with Gasteiger partial charge in [0, 0.05) is 32.0 Å². The highest BCUT2D eigenvalue weighted by Gasteiger charge is 2.28. The minimum atomic E-state index is -4.33. The van der Waals surface area contributed by atoms with Crippen LogP contribution in [0.2, 0.25) is 0 Å². The zero-order valence-electron chi connectivity index (χ0n) is 31.5. The molecular formula is C41H53N4O7S2-. The van der Waals surface area contributed by atoms with Crippen LogP contribution in [0.5, 0.6) is 0 Å². The average molecular weight is 778 g/mol. The molecule has 1 aliphatic heterocycles. The van der Waals surface area contributed by atoms with Gasteiger partial charge in [-0.3, -0.25) is 0 Å². The number of rotatable bonds is 15. The molecule has 0 saturated carbocycles. The van der Waals surface area contributed by atoms with E-state index in [1.807, 2.05) is 115 Å². The predicted octanol–water partition coefficient (Wildman–Crippen LogP) is 7.82. The summed E-state index contributed by atoms with van der Waals surface area (Å²) in [4.78, 5) is 2.05. The summed E-state index contributed by atoms with van der Waals surface area (Å²) >= 11 is 0. The SMILES string of the molecule is CC.CCNCC.O=S(=O)([O-])CCCCN1C(=Cc2oc3ccc(-c4ccccc4)cc3[n+]2CCCCS(=O)(=O)[O-])Nc2ccc(-c3ccccc3)cc21.[HH]. The Morgan fingerprint density at radius 2 is 1.30 bits per heavy atom. The summed E-state index contributed by atoms with van der Waals surface area (Å²) in [6.45, 7) is 11.2. The van der Waals surface area contributed by atoms with E-state index in [0.29, 0.717) is 43.2 Å². The van der Waals surface area contributed by atoms with Gasteiger partial charge in [-0.2, -0.15) is 4.57 Å². The molecule has 0 amide bonds. The summed E-state index contributed by atoms with van der Waals surface area (Å²) in [7, 11) is -8.65. The third-order valence-electron chi connectivity index (χ3n) is 8.60. The molecule has 5 aromatic rings. The van der Waals surface area contributed by atoms with Crippen LogP contribution in [0.3, 0.4) is 0 Å². The highest BCUT2D eigenvalue weighted by molar-refractivity contribution is 7.85. The summed E-state index contributed by atoms with van der Waals surface area (Å²) in [6.07, 6.45) is 3.20. The van der Waals surface area contributed by atoms with Gasteiger partial charge in [0.1, 0.15) is 5.82 Å². The molecule has 0 unspecified atom stereocenters. The number of oxazole rings is 1. The molecule has 1 aliphatic rings. The van der Waals surface area contributed by atoms with Gasteiger partial charge in [0.05, 0.1) is 37.7 Å². The fraction of sp³-hybridized carbons (Fsp3) is 0.341. The minimum absolute atomic E-state index is 0. The molecule has 0 saturated heterocycles. The maximum atomic E-state index is 11.3. The molecule has 6 rings (SSSR count). The van der Waals surface area contributed by atoms with Gasteiger partial charge in [-0.25, -0.2) is 16.8 Å². The van der Waals surface area contributed by atoms with Crippen LogP contribution in [0, 0.1) is 0 Å². The number of aryl methyl sites for hydroxylation is 1. The van der Waals surface area contributed by atoms with Crippen LogP contribution in [0.1, 0.15) is 60.7 Å². The molecule has 0 spiro atoms. The van der Waals surface area contributed by atoms with Crippen LogP contribution in [-0.4, -0.2) is 57.1 Å². The second-order valence-electron chi connectivity index (χ2n) is 12.4. The van der Waals surface area contributed by atoms with Crippen LogP contribution in [-0.2, 0) is 26.8 Å². The van der Waals surface area contributed by atoms with E-state index in [1.165, 1.54) is 0 Å². The summed E-state index contributed by atoms with van der Waals surface area (Å²) in [5, 5.41) is 6.59. The van der Waals surface area contributed by atoms with E-state index < -0.39 is 31.7 Å². The van der Waals surface area contributed by atoms with Crippen molar-refractivity contribution in [2.45, 2.75) is 59.9 Å². The third-order valence-corrected chi connectivity index (χ3v) is 10.2. The summed E-state index contributed by atoms with van der Waals surface area (Å²) in [5.74, 6) is 0.341. The highest BCUT2D eigenvalue weighted by atomic mass is 32.2. The first kappa shape index (κ1) is 42.2. The lowest BCUT2D eigenvalue weighted by molar-refractivity contribution is -0.678. The summed E-state index contributed by atoms with van der Waals surface area (Å²) in [6, 6.07) is 31.9. The lowest BCUT2D eigenvalue weighted by atomic mass is 10.0. The number of nitrogens with one attached hydrogen (secondary N) is 2. The Kier molecular flexibility index (Phi) is 15.8. The van der Waals surface area contributed by atoms with E-state index in [4.69, 9.17) is 4.42 Å². The Hall–Kier alpha value is -4.53. The molecule has 54 heavy (non-hydrogen) atoms. The van der Waals surface area contributed by atoms with Crippen LogP contribution in [0.25, 0.3) is 39.4 Å². The van der Waals surface area contributed by atoms with E-state index in [0.717, 1.165) is 52.2 Å². The number of benzene rings is 4. The zero-order chi connectivity index (χ0) is 39.1. The molecule has 1 aromatic heterocycles. The van der Waals surface area contributed by atoms with Crippen LogP contribution in [0.15, 0.2) is 107 Å². The molecule has 0 radical (unpaired) electrons. The fourth-order valence-electron chi connectivity index (χ4n) is 6.07. The van der Waals surface area contributed by atoms with Gasteiger partial charge in [0.15, 0.2) is 6.54 Å². The van der Waals surface area contributed by atoms with Crippen LogP contribution < -0.4 is 20.1 Å². The average Bonchev–Trinajstić information content (AvgIpc) is 3.69. The Morgan fingerprint density at radius 3 is 1.85 bits per heavy atom. The van der Waals surface area contributed by atoms with Crippen molar-refractivity contribution in [3.63, 3.8) is 0 Å². The number of hydrogen-bond acceptors (Lipinski definition) is 10. The normalized spacial score (nSPS) is 13.1. The van der Waals surface area contributed by atoms with Crippen molar-refractivity contribution in [2.24, 2.45) is 0 Å². The van der Waals surface area contributed by atoms with Crippen LogP contribution >= 0.6 is 0 Å². The standard InChI is InChI=1S/C35H35N3O7S2.C4H11N.C2H6.H2/c39-46(40,41)21-9-7-19-37-31-23-28(26-11-3-1-4-12-26)15-17-30(31)36-34(37)25-35-38(20-8-10-22-47(42,43)44)32-24-29(16-18-33(32)45-35)27-13-5-2-6-14-27;1-3-5-4-2;1-2;/h1-6,11-18,23-25H,7-10,19-22H2,(H2,39,40,41,42,43,44);5H,3-4H2,1-2H3;1-2H3;1H/p-1. The van der Waals surface area contributed by atoms with Gasteiger partial charge in [0.2, 0.25) is 5.58 Å². The van der Waals surface area contributed by atoms with Crippen LogP contribution in [0.4, 0.5) is 11.4 Å². The lowest BCUT2D eigenvalue weighted by Gasteiger charge is -2.20. The minimum Gasteiger partial charge on any atom is -0.748 e. The molecule has 2 N–H and O–H groups in total. The number of hydrogen-bond donors (Lipinski definition) is 2. The highest BCUT2D eigenvalue weighted by Crippen LogP contribution is 2.40. The first-order chi connectivity index (χ1) is 26.0. The largest absolute Gasteiger partial charge is 0.748 e. The summed E-state index contributed by atoms with van der Waals surface area (Å²) < 4.78 is 76.0. The van der Waals surface area contributed by atoms with Crippen molar-refractivity contribution in [1.29, 1.82) is 0 Å². The molecule has 0 aliphatic carbocycles.